The zero-order chi connectivity index (χ0) is 22.1. The van der Waals surface area contributed by atoms with Gasteiger partial charge in [-0.25, -0.2) is 21.1 Å². The highest BCUT2D eigenvalue weighted by Crippen LogP contribution is 2.34. The number of amides is 1. The first-order chi connectivity index (χ1) is 14.1. The fraction of sp³-hybridized carbons (Fsp3) is 0.350. The topological polar surface area (TPSA) is 110 Å². The molecule has 1 aliphatic rings. The van der Waals surface area contributed by atoms with Crippen LogP contribution in [-0.4, -0.2) is 35.1 Å². The number of para-hydroxylation sites is 1. The third-order valence-electron chi connectivity index (χ3n) is 4.66. The second kappa shape index (κ2) is 8.27. The van der Waals surface area contributed by atoms with E-state index in [-0.39, 0.29) is 41.0 Å². The maximum atomic E-state index is 13.2. The molecular formula is C20H24N2O6S2. The van der Waals surface area contributed by atoms with Crippen LogP contribution in [0, 0.1) is 0 Å². The smallest absolute Gasteiger partial charge is 0.265 e. The molecule has 0 radical (unpaired) electrons. The molecule has 0 saturated carbocycles. The first-order valence-electron chi connectivity index (χ1n) is 9.51. The molecule has 1 aliphatic heterocycles. The molecule has 0 atom stereocenters. The van der Waals surface area contributed by atoms with Crippen LogP contribution in [0.5, 0.6) is 5.75 Å². The average Bonchev–Trinajstić information content (AvgIpc) is 2.95. The Labute approximate surface area is 177 Å². The summed E-state index contributed by atoms with van der Waals surface area (Å²) >= 11 is 0. The van der Waals surface area contributed by atoms with Crippen molar-refractivity contribution in [3.05, 3.63) is 48.0 Å². The number of ether oxygens (including phenoxy) is 1. The van der Waals surface area contributed by atoms with Crippen LogP contribution in [-0.2, 0) is 24.8 Å². The molecule has 1 saturated heterocycles. The molecule has 1 fully saturated rings. The Balaban J connectivity index is 2.10. The minimum Gasteiger partial charge on any atom is -0.492 e. The van der Waals surface area contributed by atoms with Crippen LogP contribution in [0.1, 0.15) is 38.7 Å². The molecule has 3 rings (SSSR count). The van der Waals surface area contributed by atoms with Crippen LogP contribution in [0.15, 0.2) is 47.4 Å². The molecule has 1 heterocycles. The Hall–Kier alpha value is -2.59. The Bertz CT molecular complexity index is 1170. The van der Waals surface area contributed by atoms with E-state index >= 15 is 0 Å². The van der Waals surface area contributed by atoms with E-state index in [0.29, 0.717) is 9.99 Å². The SMILES string of the molecule is CCOc1ccc(N2C(=O)CCS2(=O)=O)cc1S(=O)(=O)Nc1ccccc1C(C)C. The molecular weight excluding hydrogens is 428 g/mol. The highest BCUT2D eigenvalue weighted by molar-refractivity contribution is 7.94. The van der Waals surface area contributed by atoms with Gasteiger partial charge in [0.05, 0.1) is 23.7 Å². The minimum atomic E-state index is -4.14. The van der Waals surface area contributed by atoms with Crippen molar-refractivity contribution >= 4 is 37.3 Å². The molecule has 0 aliphatic carbocycles. The van der Waals surface area contributed by atoms with E-state index in [2.05, 4.69) is 4.72 Å². The summed E-state index contributed by atoms with van der Waals surface area (Å²) in [6.45, 7) is 5.82. The van der Waals surface area contributed by atoms with Gasteiger partial charge in [-0.1, -0.05) is 32.0 Å². The van der Waals surface area contributed by atoms with Crippen molar-refractivity contribution in [1.82, 2.24) is 0 Å². The van der Waals surface area contributed by atoms with Gasteiger partial charge in [0.25, 0.3) is 10.0 Å². The van der Waals surface area contributed by atoms with E-state index in [1.165, 1.54) is 12.1 Å². The normalized spacial score (nSPS) is 16.1. The second-order valence-electron chi connectivity index (χ2n) is 7.14. The lowest BCUT2D eigenvalue weighted by atomic mass is 10.0. The van der Waals surface area contributed by atoms with Crippen LogP contribution >= 0.6 is 0 Å². The van der Waals surface area contributed by atoms with Gasteiger partial charge in [-0.2, -0.15) is 0 Å². The van der Waals surface area contributed by atoms with Crippen LogP contribution in [0.2, 0.25) is 0 Å². The number of anilines is 2. The van der Waals surface area contributed by atoms with Gasteiger partial charge in [0, 0.05) is 6.42 Å². The lowest BCUT2D eigenvalue weighted by Gasteiger charge is -2.19. The van der Waals surface area contributed by atoms with Gasteiger partial charge in [0.2, 0.25) is 15.9 Å². The van der Waals surface area contributed by atoms with Crippen LogP contribution < -0.4 is 13.8 Å². The van der Waals surface area contributed by atoms with Crippen LogP contribution in [0.3, 0.4) is 0 Å². The summed E-state index contributed by atoms with van der Waals surface area (Å²) in [5.41, 5.74) is 1.20. The Morgan fingerprint density at radius 2 is 1.87 bits per heavy atom. The zero-order valence-electron chi connectivity index (χ0n) is 17.0. The number of hydrogen-bond acceptors (Lipinski definition) is 6. The van der Waals surface area contributed by atoms with Gasteiger partial charge >= 0.3 is 0 Å². The average molecular weight is 453 g/mol. The molecule has 1 amide bonds. The lowest BCUT2D eigenvalue weighted by Crippen LogP contribution is -2.29. The molecule has 0 unspecified atom stereocenters. The first-order valence-corrected chi connectivity index (χ1v) is 12.6. The van der Waals surface area contributed by atoms with E-state index < -0.39 is 26.0 Å². The zero-order valence-corrected chi connectivity index (χ0v) is 18.6. The van der Waals surface area contributed by atoms with Crippen LogP contribution in [0.4, 0.5) is 11.4 Å². The van der Waals surface area contributed by atoms with E-state index in [4.69, 9.17) is 4.74 Å². The number of sulfonamides is 2. The highest BCUT2D eigenvalue weighted by Gasteiger charge is 2.37. The molecule has 30 heavy (non-hydrogen) atoms. The van der Waals surface area contributed by atoms with Gasteiger partial charge in [0.15, 0.2) is 0 Å². The van der Waals surface area contributed by atoms with Gasteiger partial charge in [-0.3, -0.25) is 9.52 Å². The monoisotopic (exact) mass is 452 g/mol. The molecule has 1 N–H and O–H groups in total. The van der Waals surface area contributed by atoms with Crippen molar-refractivity contribution in [1.29, 1.82) is 0 Å². The fourth-order valence-electron chi connectivity index (χ4n) is 3.27. The highest BCUT2D eigenvalue weighted by atomic mass is 32.2. The molecule has 2 aromatic carbocycles. The summed E-state index contributed by atoms with van der Waals surface area (Å²) in [7, 11) is -7.96. The van der Waals surface area contributed by atoms with Gasteiger partial charge < -0.3 is 4.74 Å². The molecule has 0 spiro atoms. The number of carbonyl (C=O) groups is 1. The summed E-state index contributed by atoms with van der Waals surface area (Å²) < 4.78 is 59.7. The molecule has 0 aromatic heterocycles. The van der Waals surface area contributed by atoms with Crippen molar-refractivity contribution < 1.29 is 26.4 Å². The van der Waals surface area contributed by atoms with E-state index in [0.717, 1.165) is 11.6 Å². The Morgan fingerprint density at radius 3 is 2.47 bits per heavy atom. The summed E-state index contributed by atoms with van der Waals surface area (Å²) in [5.74, 6) is -0.754. The number of rotatable bonds is 7. The predicted octanol–water partition coefficient (Wildman–Crippen LogP) is 3.08. The van der Waals surface area contributed by atoms with Gasteiger partial charge in [-0.15, -0.1) is 0 Å². The number of nitrogens with zero attached hydrogens (tertiary/aromatic N) is 1. The molecule has 162 valence electrons. The summed E-state index contributed by atoms with van der Waals surface area (Å²) in [6.07, 6.45) is -0.141. The summed E-state index contributed by atoms with van der Waals surface area (Å²) in [5, 5.41) is 0. The maximum Gasteiger partial charge on any atom is 0.265 e. The molecule has 2 aromatic rings. The summed E-state index contributed by atoms with van der Waals surface area (Å²) in [4.78, 5) is 11.9. The first kappa shape index (κ1) is 22.1. The molecule has 10 heteroatoms. The molecule has 8 nitrogen and oxygen atoms in total. The number of carbonyl (C=O) groups excluding carboxylic acids is 1. The van der Waals surface area contributed by atoms with Gasteiger partial charge in [-0.05, 0) is 42.7 Å². The number of hydrogen-bond donors (Lipinski definition) is 1. The van der Waals surface area contributed by atoms with Crippen molar-refractivity contribution in [3.8, 4) is 5.75 Å². The van der Waals surface area contributed by atoms with Crippen molar-refractivity contribution in [2.45, 2.75) is 38.0 Å². The Kier molecular flexibility index (Phi) is 6.09. The largest absolute Gasteiger partial charge is 0.492 e. The minimum absolute atomic E-state index is 0.0292. The van der Waals surface area contributed by atoms with Gasteiger partial charge in [0.1, 0.15) is 10.6 Å². The Morgan fingerprint density at radius 1 is 1.17 bits per heavy atom. The van der Waals surface area contributed by atoms with Crippen molar-refractivity contribution in [3.63, 3.8) is 0 Å². The second-order valence-corrected chi connectivity index (χ2v) is 10.7. The van der Waals surface area contributed by atoms with Crippen LogP contribution in [0.25, 0.3) is 0 Å². The number of nitrogens with one attached hydrogen (secondary N) is 1. The van der Waals surface area contributed by atoms with E-state index in [1.54, 1.807) is 19.1 Å². The quantitative estimate of drug-likeness (QED) is 0.691. The van der Waals surface area contributed by atoms with Crippen molar-refractivity contribution in [2.75, 3.05) is 21.4 Å². The summed E-state index contributed by atoms with van der Waals surface area (Å²) in [6, 6.07) is 10.9. The third kappa shape index (κ3) is 4.29. The molecule has 0 bridgehead atoms. The number of benzene rings is 2. The van der Waals surface area contributed by atoms with Crippen molar-refractivity contribution in [2.24, 2.45) is 0 Å². The maximum absolute atomic E-state index is 13.2. The standard InChI is InChI=1S/C20H24N2O6S2/c1-4-28-18-10-9-15(22-20(23)11-12-29(22,24)25)13-19(18)30(26,27)21-17-8-6-5-7-16(17)14(2)3/h5-10,13-14,21H,4,11-12H2,1-3H3. The van der Waals surface area contributed by atoms with E-state index in [1.807, 2.05) is 26.0 Å². The predicted molar refractivity (Wildman–Crippen MR) is 115 cm³/mol. The lowest BCUT2D eigenvalue weighted by molar-refractivity contribution is -0.116. The van der Waals surface area contributed by atoms with E-state index in [9.17, 15) is 21.6 Å². The fourth-order valence-corrected chi connectivity index (χ4v) is 5.97. The third-order valence-corrected chi connectivity index (χ3v) is 7.73.